The molecule has 316 valence electrons. The SMILES string of the molecule is CCCCC/C=C/C=C/C=C/C=C/CCCCCCCC(=O)OC(COCCC(C(=O)O)[N+](C)(C)C)COC(=O)CCCCC/C=C/CCCCCCCC. The molecule has 0 amide bonds. The van der Waals surface area contributed by atoms with Gasteiger partial charge in [0.25, 0.3) is 0 Å². The predicted octanol–water partition coefficient (Wildman–Crippen LogP) is 11.8. The lowest BCUT2D eigenvalue weighted by atomic mass is 10.1. The minimum atomic E-state index is -0.883. The van der Waals surface area contributed by atoms with Crippen molar-refractivity contribution in [2.24, 2.45) is 0 Å². The molecular formula is C47H82NO7+. The van der Waals surface area contributed by atoms with Gasteiger partial charge < -0.3 is 23.8 Å². The fourth-order valence-electron chi connectivity index (χ4n) is 6.04. The van der Waals surface area contributed by atoms with Crippen LogP contribution in [-0.4, -0.2) is 80.6 Å². The quantitative estimate of drug-likeness (QED) is 0.0219. The molecule has 0 aromatic rings. The summed E-state index contributed by atoms with van der Waals surface area (Å²) in [5.41, 5.74) is 0. The Morgan fingerprint density at radius 3 is 1.53 bits per heavy atom. The van der Waals surface area contributed by atoms with Crippen LogP contribution in [0, 0.1) is 0 Å². The Bertz CT molecular complexity index is 1090. The van der Waals surface area contributed by atoms with E-state index >= 15 is 0 Å². The minimum Gasteiger partial charge on any atom is -0.477 e. The van der Waals surface area contributed by atoms with E-state index in [1.54, 1.807) is 0 Å². The lowest BCUT2D eigenvalue weighted by molar-refractivity contribution is -0.887. The number of rotatable bonds is 38. The summed E-state index contributed by atoms with van der Waals surface area (Å²) in [7, 11) is 5.51. The summed E-state index contributed by atoms with van der Waals surface area (Å²) in [6.45, 7) is 4.64. The largest absolute Gasteiger partial charge is 0.477 e. The van der Waals surface area contributed by atoms with Gasteiger partial charge in [-0.1, -0.05) is 145 Å². The molecule has 0 fully saturated rings. The van der Waals surface area contributed by atoms with Crippen molar-refractivity contribution in [3.63, 3.8) is 0 Å². The van der Waals surface area contributed by atoms with Gasteiger partial charge in [0, 0.05) is 19.3 Å². The number of likely N-dealkylation sites (N-methyl/N-ethyl adjacent to an activating group) is 1. The zero-order valence-corrected chi connectivity index (χ0v) is 35.9. The Morgan fingerprint density at radius 1 is 0.545 bits per heavy atom. The zero-order valence-electron chi connectivity index (χ0n) is 35.9. The summed E-state index contributed by atoms with van der Waals surface area (Å²) < 4.78 is 17.2. The van der Waals surface area contributed by atoms with Crippen molar-refractivity contribution >= 4 is 17.9 Å². The monoisotopic (exact) mass is 773 g/mol. The number of hydrogen-bond acceptors (Lipinski definition) is 6. The van der Waals surface area contributed by atoms with Crippen molar-refractivity contribution in [3.8, 4) is 0 Å². The highest BCUT2D eigenvalue weighted by Crippen LogP contribution is 2.13. The number of hydrogen-bond donors (Lipinski definition) is 1. The molecule has 0 radical (unpaired) electrons. The third kappa shape index (κ3) is 36.4. The van der Waals surface area contributed by atoms with Crippen molar-refractivity contribution in [2.75, 3.05) is 41.0 Å². The maximum atomic E-state index is 12.7. The third-order valence-corrected chi connectivity index (χ3v) is 9.48. The van der Waals surface area contributed by atoms with Crippen molar-refractivity contribution in [1.82, 2.24) is 0 Å². The number of unbranched alkanes of at least 4 members (excludes halogenated alkanes) is 17. The number of quaternary nitrogens is 1. The van der Waals surface area contributed by atoms with E-state index < -0.39 is 18.1 Å². The molecule has 0 saturated heterocycles. The summed E-state index contributed by atoms with van der Waals surface area (Å²) in [5.74, 6) is -1.52. The number of carboxylic acid groups (broad SMARTS) is 1. The minimum absolute atomic E-state index is 0.0444. The first kappa shape index (κ1) is 52.0. The highest BCUT2D eigenvalue weighted by molar-refractivity contribution is 5.72. The van der Waals surface area contributed by atoms with Crippen molar-refractivity contribution in [3.05, 3.63) is 60.8 Å². The Morgan fingerprint density at radius 2 is 0.982 bits per heavy atom. The van der Waals surface area contributed by atoms with Gasteiger partial charge in [0.05, 0.1) is 34.4 Å². The van der Waals surface area contributed by atoms with Gasteiger partial charge in [-0.3, -0.25) is 9.59 Å². The average molecular weight is 773 g/mol. The highest BCUT2D eigenvalue weighted by Gasteiger charge is 2.31. The first-order valence-corrected chi connectivity index (χ1v) is 21.9. The molecule has 0 heterocycles. The van der Waals surface area contributed by atoms with E-state index in [0.717, 1.165) is 77.0 Å². The molecule has 0 aliphatic carbocycles. The summed E-state index contributed by atoms with van der Waals surface area (Å²) in [6.07, 6.45) is 45.4. The van der Waals surface area contributed by atoms with Gasteiger partial charge in [-0.2, -0.15) is 0 Å². The second-order valence-corrected chi connectivity index (χ2v) is 15.7. The summed E-state index contributed by atoms with van der Waals surface area (Å²) in [5, 5.41) is 9.61. The molecule has 1 N–H and O–H groups in total. The van der Waals surface area contributed by atoms with Crippen LogP contribution in [0.2, 0.25) is 0 Å². The van der Waals surface area contributed by atoms with Gasteiger partial charge in [-0.05, 0) is 64.2 Å². The summed E-state index contributed by atoms with van der Waals surface area (Å²) in [4.78, 5) is 36.9. The van der Waals surface area contributed by atoms with Crippen LogP contribution in [0.1, 0.15) is 168 Å². The van der Waals surface area contributed by atoms with Gasteiger partial charge in [0.15, 0.2) is 12.1 Å². The molecule has 2 atom stereocenters. The predicted molar refractivity (Wildman–Crippen MR) is 229 cm³/mol. The molecule has 0 aliphatic rings. The Labute approximate surface area is 337 Å². The molecule has 0 bridgehead atoms. The first-order valence-electron chi connectivity index (χ1n) is 21.9. The van der Waals surface area contributed by atoms with Crippen LogP contribution in [0.5, 0.6) is 0 Å². The van der Waals surface area contributed by atoms with Crippen molar-refractivity contribution in [2.45, 2.75) is 180 Å². The number of esters is 2. The maximum absolute atomic E-state index is 12.7. The van der Waals surface area contributed by atoms with Gasteiger partial charge in [-0.15, -0.1) is 0 Å². The van der Waals surface area contributed by atoms with Gasteiger partial charge in [0.1, 0.15) is 6.61 Å². The normalized spacial score (nSPS) is 13.5. The fraction of sp³-hybridized carbons (Fsp3) is 0.723. The molecule has 8 nitrogen and oxygen atoms in total. The van der Waals surface area contributed by atoms with Crippen LogP contribution in [0.25, 0.3) is 0 Å². The van der Waals surface area contributed by atoms with Crippen LogP contribution >= 0.6 is 0 Å². The summed E-state index contributed by atoms with van der Waals surface area (Å²) in [6, 6.07) is -0.623. The Hall–Kier alpha value is -2.97. The second-order valence-electron chi connectivity index (χ2n) is 15.7. The van der Waals surface area contributed by atoms with Crippen LogP contribution in [0.15, 0.2) is 60.8 Å². The number of carboxylic acids is 1. The molecule has 8 heteroatoms. The first-order chi connectivity index (χ1) is 26.6. The number of nitrogens with zero attached hydrogens (tertiary/aromatic N) is 1. The molecule has 0 saturated carbocycles. The standard InChI is InChI=1S/C47H81NO7/c1-6-8-10-12-14-16-18-20-21-22-23-24-26-28-30-32-34-36-38-46(50)55-43(41-53-40-39-44(47(51)52)48(3,4)5)42-54-45(49)37-35-33-31-29-27-25-19-17-15-13-11-9-7-2/h14,16,18,20-25,27,43-44H,6-13,15,17,19,26,28-42H2,1-5H3/p+1/b16-14+,20-18+,22-21+,24-23+,27-25+. The summed E-state index contributed by atoms with van der Waals surface area (Å²) >= 11 is 0. The molecule has 0 rings (SSSR count). The molecule has 55 heavy (non-hydrogen) atoms. The molecule has 2 unspecified atom stereocenters. The number of carbonyl (C=O) groups is 3. The lowest BCUT2D eigenvalue weighted by Gasteiger charge is -2.31. The van der Waals surface area contributed by atoms with Gasteiger partial charge in [0.2, 0.25) is 0 Å². The highest BCUT2D eigenvalue weighted by atomic mass is 16.6. The van der Waals surface area contributed by atoms with Crippen molar-refractivity contribution < 1.29 is 38.2 Å². The average Bonchev–Trinajstić information content (AvgIpc) is 3.14. The van der Waals surface area contributed by atoms with E-state index in [9.17, 15) is 19.5 Å². The number of aliphatic carboxylic acids is 1. The smallest absolute Gasteiger partial charge is 0.362 e. The van der Waals surface area contributed by atoms with Crippen LogP contribution in [0.3, 0.4) is 0 Å². The van der Waals surface area contributed by atoms with E-state index in [-0.39, 0.29) is 36.2 Å². The van der Waals surface area contributed by atoms with E-state index in [1.165, 1.54) is 57.8 Å². The lowest BCUT2D eigenvalue weighted by Crippen LogP contribution is -2.50. The topological polar surface area (TPSA) is 99.1 Å². The Balaban J connectivity index is 4.45. The molecule has 0 aliphatic heterocycles. The van der Waals surface area contributed by atoms with Crippen molar-refractivity contribution in [1.29, 1.82) is 0 Å². The number of carbonyl (C=O) groups excluding carboxylic acids is 2. The van der Waals surface area contributed by atoms with Crippen LogP contribution < -0.4 is 0 Å². The molecular weight excluding hydrogens is 691 g/mol. The van der Waals surface area contributed by atoms with E-state index in [2.05, 4.69) is 68.5 Å². The van der Waals surface area contributed by atoms with E-state index in [0.29, 0.717) is 19.3 Å². The van der Waals surface area contributed by atoms with Crippen LogP contribution in [-0.2, 0) is 28.6 Å². The Kier molecular flexibility index (Phi) is 35.9. The number of ether oxygens (including phenoxy) is 3. The van der Waals surface area contributed by atoms with Gasteiger partial charge in [-0.25, -0.2) is 4.79 Å². The van der Waals surface area contributed by atoms with E-state index in [4.69, 9.17) is 14.2 Å². The fourth-order valence-corrected chi connectivity index (χ4v) is 6.04. The third-order valence-electron chi connectivity index (χ3n) is 9.48. The van der Waals surface area contributed by atoms with Crippen LogP contribution in [0.4, 0.5) is 0 Å². The molecule has 0 aromatic carbocycles. The zero-order chi connectivity index (χ0) is 40.7. The van der Waals surface area contributed by atoms with Gasteiger partial charge >= 0.3 is 17.9 Å². The van der Waals surface area contributed by atoms with E-state index in [1.807, 2.05) is 27.2 Å². The number of allylic oxidation sites excluding steroid dienone is 10. The molecule has 0 aromatic heterocycles. The molecule has 0 spiro atoms. The second kappa shape index (κ2) is 37.9. The maximum Gasteiger partial charge on any atom is 0.362 e.